The number of benzene rings is 2. The molecule has 1 heterocycles. The first kappa shape index (κ1) is 21.8. The molecule has 0 atom stereocenters. The number of carbonyl (C=O) groups excluding carboxylic acids is 2. The number of hydrogen-bond acceptors (Lipinski definition) is 5. The van der Waals surface area contributed by atoms with E-state index < -0.39 is 0 Å². The molecule has 1 aromatic heterocycles. The summed E-state index contributed by atoms with van der Waals surface area (Å²) < 4.78 is 12.3. The number of amides is 1. The van der Waals surface area contributed by atoms with Crippen LogP contribution in [0.25, 0.3) is 5.69 Å². The predicted molar refractivity (Wildman–Crippen MR) is 119 cm³/mol. The monoisotopic (exact) mass is 419 g/mol. The molecule has 0 fully saturated rings. The van der Waals surface area contributed by atoms with Crippen LogP contribution in [0.4, 0.5) is 0 Å². The normalized spacial score (nSPS) is 10.8. The van der Waals surface area contributed by atoms with Gasteiger partial charge in [0.05, 0.1) is 31.1 Å². The van der Waals surface area contributed by atoms with Gasteiger partial charge in [0.15, 0.2) is 0 Å². The minimum absolute atomic E-state index is 0.339. The highest BCUT2D eigenvalue weighted by Crippen LogP contribution is 2.21. The molecule has 0 saturated carbocycles. The summed E-state index contributed by atoms with van der Waals surface area (Å²) in [6.45, 7) is 6.07. The lowest BCUT2D eigenvalue weighted by molar-refractivity contribution is 0.0526. The van der Waals surface area contributed by atoms with Gasteiger partial charge in [0.1, 0.15) is 5.75 Å². The van der Waals surface area contributed by atoms with Crippen molar-refractivity contribution >= 4 is 18.1 Å². The average Bonchev–Trinajstić information content (AvgIpc) is 3.06. The zero-order chi connectivity index (χ0) is 22.4. The number of aromatic nitrogens is 1. The number of esters is 1. The molecule has 160 valence electrons. The molecular weight excluding hydrogens is 394 g/mol. The first-order chi connectivity index (χ1) is 15.0. The van der Waals surface area contributed by atoms with Gasteiger partial charge in [-0.1, -0.05) is 12.1 Å². The third kappa shape index (κ3) is 4.83. The van der Waals surface area contributed by atoms with Crippen LogP contribution in [-0.4, -0.2) is 36.4 Å². The number of methoxy groups -OCH3 is 1. The molecule has 0 aliphatic carbocycles. The van der Waals surface area contributed by atoms with Gasteiger partial charge in [0.2, 0.25) is 0 Å². The van der Waals surface area contributed by atoms with Crippen molar-refractivity contribution in [3.05, 3.63) is 82.7 Å². The molecule has 0 radical (unpaired) electrons. The second kappa shape index (κ2) is 9.75. The summed E-state index contributed by atoms with van der Waals surface area (Å²) in [6, 6.07) is 16.2. The number of nitrogens with one attached hydrogen (secondary N) is 1. The van der Waals surface area contributed by atoms with Crippen molar-refractivity contribution in [1.29, 1.82) is 0 Å². The van der Waals surface area contributed by atoms with Crippen LogP contribution in [0, 0.1) is 13.8 Å². The summed E-state index contributed by atoms with van der Waals surface area (Å²) in [5.74, 6) is -0.203. The second-order valence-corrected chi connectivity index (χ2v) is 6.83. The van der Waals surface area contributed by atoms with E-state index in [1.165, 1.54) is 7.11 Å². The molecule has 7 nitrogen and oxygen atoms in total. The van der Waals surface area contributed by atoms with Gasteiger partial charge in [0, 0.05) is 22.6 Å². The van der Waals surface area contributed by atoms with Crippen LogP contribution in [0.5, 0.6) is 5.75 Å². The first-order valence-corrected chi connectivity index (χ1v) is 9.89. The van der Waals surface area contributed by atoms with Gasteiger partial charge in [-0.05, 0) is 63.2 Å². The summed E-state index contributed by atoms with van der Waals surface area (Å²) in [7, 11) is 1.52. The Morgan fingerprint density at radius 1 is 1.10 bits per heavy atom. The number of nitrogens with zero attached hydrogens (tertiary/aromatic N) is 2. The van der Waals surface area contributed by atoms with E-state index in [2.05, 4.69) is 15.1 Å². The fourth-order valence-corrected chi connectivity index (χ4v) is 3.33. The van der Waals surface area contributed by atoms with Gasteiger partial charge >= 0.3 is 5.97 Å². The molecule has 0 unspecified atom stereocenters. The fraction of sp³-hybridized carbons (Fsp3) is 0.208. The summed E-state index contributed by atoms with van der Waals surface area (Å²) in [6.07, 6.45) is 1.61. The first-order valence-electron chi connectivity index (χ1n) is 9.89. The van der Waals surface area contributed by atoms with Gasteiger partial charge in [-0.2, -0.15) is 5.10 Å². The van der Waals surface area contributed by atoms with E-state index >= 15 is 0 Å². The average molecular weight is 419 g/mol. The lowest BCUT2D eigenvalue weighted by Crippen LogP contribution is -2.18. The number of hydrogen-bond donors (Lipinski definition) is 1. The lowest BCUT2D eigenvalue weighted by Gasteiger charge is -2.10. The Kier molecular flexibility index (Phi) is 6.87. The molecule has 1 amide bonds. The largest absolute Gasteiger partial charge is 0.496 e. The molecule has 7 heteroatoms. The van der Waals surface area contributed by atoms with E-state index in [4.69, 9.17) is 9.47 Å². The van der Waals surface area contributed by atoms with Crippen LogP contribution in [0.3, 0.4) is 0 Å². The lowest BCUT2D eigenvalue weighted by atomic mass is 10.2. The number of hydrazone groups is 1. The molecule has 31 heavy (non-hydrogen) atoms. The zero-order valence-corrected chi connectivity index (χ0v) is 18.0. The smallest absolute Gasteiger partial charge is 0.338 e. The van der Waals surface area contributed by atoms with E-state index in [-0.39, 0.29) is 11.9 Å². The standard InChI is InChI=1S/C24H25N3O4/c1-5-31-24(29)18-10-12-20(13-11-18)27-16(2)14-19(17(27)3)15-25-26-23(28)21-8-6-7-9-22(21)30-4/h6-15H,5H2,1-4H3,(H,26,28)/b25-15-. The summed E-state index contributed by atoms with van der Waals surface area (Å²) in [4.78, 5) is 24.2. The molecular formula is C24H25N3O4. The Balaban J connectivity index is 1.77. The van der Waals surface area contributed by atoms with Crippen molar-refractivity contribution in [2.75, 3.05) is 13.7 Å². The minimum atomic E-state index is -0.350. The van der Waals surface area contributed by atoms with Gasteiger partial charge in [-0.15, -0.1) is 0 Å². The summed E-state index contributed by atoms with van der Waals surface area (Å²) in [5, 5.41) is 4.11. The quantitative estimate of drug-likeness (QED) is 0.356. The number of rotatable bonds is 7. The van der Waals surface area contributed by atoms with Crippen molar-refractivity contribution in [3.63, 3.8) is 0 Å². The van der Waals surface area contributed by atoms with Gasteiger partial charge in [0.25, 0.3) is 5.91 Å². The molecule has 3 aromatic rings. The third-order valence-electron chi connectivity index (χ3n) is 4.83. The maximum absolute atomic E-state index is 12.4. The van der Waals surface area contributed by atoms with Gasteiger partial charge in [-0.25, -0.2) is 10.2 Å². The van der Waals surface area contributed by atoms with Crippen LogP contribution in [-0.2, 0) is 4.74 Å². The van der Waals surface area contributed by atoms with Crippen molar-refractivity contribution in [3.8, 4) is 11.4 Å². The Morgan fingerprint density at radius 3 is 2.48 bits per heavy atom. The molecule has 0 aliphatic heterocycles. The van der Waals surface area contributed by atoms with Crippen molar-refractivity contribution < 1.29 is 19.1 Å². The van der Waals surface area contributed by atoms with E-state index in [0.717, 1.165) is 22.6 Å². The Labute approximate surface area is 181 Å². The van der Waals surface area contributed by atoms with E-state index in [0.29, 0.717) is 23.5 Å². The topological polar surface area (TPSA) is 81.9 Å². The molecule has 0 saturated heterocycles. The van der Waals surface area contributed by atoms with E-state index in [1.54, 1.807) is 49.5 Å². The summed E-state index contributed by atoms with van der Waals surface area (Å²) in [5.41, 5.74) is 7.20. The van der Waals surface area contributed by atoms with E-state index in [1.807, 2.05) is 32.0 Å². The highest BCUT2D eigenvalue weighted by molar-refractivity contribution is 5.97. The van der Waals surface area contributed by atoms with Crippen LogP contribution < -0.4 is 10.2 Å². The van der Waals surface area contributed by atoms with Gasteiger partial charge < -0.3 is 14.0 Å². The minimum Gasteiger partial charge on any atom is -0.496 e. The Bertz CT molecular complexity index is 1110. The SMILES string of the molecule is CCOC(=O)c1ccc(-n2c(C)cc(/C=N\NC(=O)c3ccccc3OC)c2C)cc1. The number of aryl methyl sites for hydroxylation is 1. The maximum Gasteiger partial charge on any atom is 0.338 e. The van der Waals surface area contributed by atoms with E-state index in [9.17, 15) is 9.59 Å². The molecule has 3 rings (SSSR count). The van der Waals surface area contributed by atoms with Crippen LogP contribution in [0.1, 0.15) is 44.6 Å². The third-order valence-corrected chi connectivity index (χ3v) is 4.83. The Hall–Kier alpha value is -3.87. The highest BCUT2D eigenvalue weighted by atomic mass is 16.5. The van der Waals surface area contributed by atoms with Crippen LogP contribution in [0.15, 0.2) is 59.7 Å². The van der Waals surface area contributed by atoms with Crippen molar-refractivity contribution in [1.82, 2.24) is 9.99 Å². The summed E-state index contributed by atoms with van der Waals surface area (Å²) >= 11 is 0. The van der Waals surface area contributed by atoms with Gasteiger partial charge in [-0.3, -0.25) is 4.79 Å². The van der Waals surface area contributed by atoms with Crippen molar-refractivity contribution in [2.45, 2.75) is 20.8 Å². The molecule has 0 spiro atoms. The highest BCUT2D eigenvalue weighted by Gasteiger charge is 2.13. The fourth-order valence-electron chi connectivity index (χ4n) is 3.33. The van der Waals surface area contributed by atoms with Crippen molar-refractivity contribution in [2.24, 2.45) is 5.10 Å². The molecule has 2 aromatic carbocycles. The second-order valence-electron chi connectivity index (χ2n) is 6.83. The van der Waals surface area contributed by atoms with Crippen LogP contribution in [0.2, 0.25) is 0 Å². The maximum atomic E-state index is 12.4. The predicted octanol–water partition coefficient (Wildman–Crippen LogP) is 4.04. The number of carbonyl (C=O) groups is 2. The zero-order valence-electron chi connectivity index (χ0n) is 18.0. The molecule has 0 aliphatic rings. The van der Waals surface area contributed by atoms with Crippen LogP contribution >= 0.6 is 0 Å². The number of ether oxygens (including phenoxy) is 2. The Morgan fingerprint density at radius 2 is 1.81 bits per heavy atom. The molecule has 0 bridgehead atoms. The molecule has 1 N–H and O–H groups in total. The number of para-hydroxylation sites is 1.